The lowest BCUT2D eigenvalue weighted by atomic mass is 10.2. The number of carbonyl (C=O) groups is 1. The maximum atomic E-state index is 12.6. The topological polar surface area (TPSA) is 68.6 Å². The van der Waals surface area contributed by atoms with Gasteiger partial charge in [-0.1, -0.05) is 29.8 Å². The van der Waals surface area contributed by atoms with E-state index in [9.17, 15) is 10.1 Å². The third-order valence-corrected chi connectivity index (χ3v) is 5.10. The quantitative estimate of drug-likeness (QED) is 0.599. The number of methoxy groups -OCH3 is 1. The molecular weight excluding hydrogens is 388 g/mol. The number of nitrogens with zero attached hydrogens (tertiary/aromatic N) is 3. The molecule has 0 radical (unpaired) electrons. The molecule has 6 nitrogen and oxygen atoms in total. The van der Waals surface area contributed by atoms with Crippen molar-refractivity contribution in [3.63, 3.8) is 0 Å². The minimum atomic E-state index is -0.440. The van der Waals surface area contributed by atoms with Crippen molar-refractivity contribution in [3.05, 3.63) is 64.8 Å². The van der Waals surface area contributed by atoms with Crippen LogP contribution in [-0.4, -0.2) is 44.1 Å². The van der Waals surface area contributed by atoms with Crippen molar-refractivity contribution < 1.29 is 9.53 Å². The SMILES string of the molecule is COc1ccccc1N1CCN(/C=C(/C#N)C(=O)Nc2cc(Cl)ccc2C)CC1. The van der Waals surface area contributed by atoms with E-state index in [1.165, 1.54) is 0 Å². The summed E-state index contributed by atoms with van der Waals surface area (Å²) in [5.41, 5.74) is 2.60. The van der Waals surface area contributed by atoms with Crippen LogP contribution in [0.4, 0.5) is 11.4 Å². The van der Waals surface area contributed by atoms with Crippen LogP contribution in [0.5, 0.6) is 5.75 Å². The lowest BCUT2D eigenvalue weighted by Gasteiger charge is -2.36. The molecular formula is C22H23ClN4O2. The van der Waals surface area contributed by atoms with Crippen LogP contribution in [-0.2, 0) is 4.79 Å². The number of carbonyl (C=O) groups excluding carboxylic acids is 1. The molecule has 1 fully saturated rings. The number of para-hydroxylation sites is 2. The lowest BCUT2D eigenvalue weighted by Crippen LogP contribution is -2.44. The molecule has 0 spiro atoms. The molecule has 0 unspecified atom stereocenters. The van der Waals surface area contributed by atoms with Gasteiger partial charge in [0.1, 0.15) is 17.4 Å². The Morgan fingerprint density at radius 2 is 1.93 bits per heavy atom. The first-order valence-electron chi connectivity index (χ1n) is 9.33. The molecule has 1 saturated heterocycles. The largest absolute Gasteiger partial charge is 0.495 e. The smallest absolute Gasteiger partial charge is 0.267 e. The average Bonchev–Trinajstić information content (AvgIpc) is 2.75. The predicted octanol–water partition coefficient (Wildman–Crippen LogP) is 3.83. The first-order chi connectivity index (χ1) is 14.0. The van der Waals surface area contributed by atoms with Crippen molar-refractivity contribution in [1.29, 1.82) is 5.26 Å². The molecule has 29 heavy (non-hydrogen) atoms. The molecule has 1 aliphatic heterocycles. The summed E-state index contributed by atoms with van der Waals surface area (Å²) in [4.78, 5) is 16.8. The van der Waals surface area contributed by atoms with E-state index in [1.54, 1.807) is 25.4 Å². The fourth-order valence-corrected chi connectivity index (χ4v) is 3.39. The fourth-order valence-electron chi connectivity index (χ4n) is 3.22. The molecule has 2 aromatic rings. The highest BCUT2D eigenvalue weighted by Crippen LogP contribution is 2.28. The van der Waals surface area contributed by atoms with E-state index in [1.807, 2.05) is 48.2 Å². The Hall–Kier alpha value is -3.17. The second-order valence-electron chi connectivity index (χ2n) is 6.76. The molecule has 0 saturated carbocycles. The molecule has 1 amide bonds. The van der Waals surface area contributed by atoms with Crippen molar-refractivity contribution >= 4 is 28.9 Å². The summed E-state index contributed by atoms with van der Waals surface area (Å²) in [6.07, 6.45) is 1.63. The van der Waals surface area contributed by atoms with Crippen LogP contribution in [0.25, 0.3) is 0 Å². The normalized spacial score (nSPS) is 14.3. The van der Waals surface area contributed by atoms with Gasteiger partial charge in [0, 0.05) is 43.1 Å². The summed E-state index contributed by atoms with van der Waals surface area (Å²) in [7, 11) is 1.66. The zero-order chi connectivity index (χ0) is 20.8. The van der Waals surface area contributed by atoms with Crippen molar-refractivity contribution in [2.75, 3.05) is 43.5 Å². The molecule has 1 heterocycles. The number of hydrogen-bond acceptors (Lipinski definition) is 5. The Labute approximate surface area is 175 Å². The van der Waals surface area contributed by atoms with E-state index in [0.717, 1.165) is 30.1 Å². The maximum absolute atomic E-state index is 12.6. The number of anilines is 2. The average molecular weight is 411 g/mol. The zero-order valence-electron chi connectivity index (χ0n) is 16.5. The molecule has 1 aliphatic rings. The highest BCUT2D eigenvalue weighted by molar-refractivity contribution is 6.31. The molecule has 0 bridgehead atoms. The number of amides is 1. The van der Waals surface area contributed by atoms with E-state index in [4.69, 9.17) is 16.3 Å². The standard InChI is InChI=1S/C22H23ClN4O2/c1-16-7-8-18(23)13-19(16)25-22(28)17(14-24)15-26-9-11-27(12-10-26)20-5-3-4-6-21(20)29-2/h3-8,13,15H,9-12H2,1-2H3,(H,25,28)/b17-15-. The van der Waals surface area contributed by atoms with Crippen LogP contribution >= 0.6 is 11.6 Å². The first-order valence-corrected chi connectivity index (χ1v) is 9.71. The second kappa shape index (κ2) is 9.35. The number of rotatable bonds is 5. The van der Waals surface area contributed by atoms with Gasteiger partial charge in [-0.25, -0.2) is 0 Å². The zero-order valence-corrected chi connectivity index (χ0v) is 17.2. The van der Waals surface area contributed by atoms with Gasteiger partial charge < -0.3 is 19.9 Å². The fraction of sp³-hybridized carbons (Fsp3) is 0.273. The number of nitriles is 1. The first kappa shape index (κ1) is 20.6. The van der Waals surface area contributed by atoms with Crippen LogP contribution < -0.4 is 15.0 Å². The third-order valence-electron chi connectivity index (χ3n) is 4.86. The number of hydrogen-bond donors (Lipinski definition) is 1. The summed E-state index contributed by atoms with van der Waals surface area (Å²) in [5, 5.41) is 12.8. The summed E-state index contributed by atoms with van der Waals surface area (Å²) in [6, 6.07) is 15.2. The molecule has 0 aliphatic carbocycles. The number of ether oxygens (including phenoxy) is 1. The van der Waals surface area contributed by atoms with E-state index in [-0.39, 0.29) is 5.57 Å². The lowest BCUT2D eigenvalue weighted by molar-refractivity contribution is -0.112. The highest BCUT2D eigenvalue weighted by atomic mass is 35.5. The number of piperazine rings is 1. The van der Waals surface area contributed by atoms with Crippen molar-refractivity contribution in [2.24, 2.45) is 0 Å². The van der Waals surface area contributed by atoms with Crippen LogP contribution in [0.3, 0.4) is 0 Å². The molecule has 1 N–H and O–H groups in total. The number of benzene rings is 2. The van der Waals surface area contributed by atoms with E-state index < -0.39 is 5.91 Å². The Bertz CT molecular complexity index is 960. The van der Waals surface area contributed by atoms with Gasteiger partial charge in [-0.3, -0.25) is 4.79 Å². The molecule has 0 atom stereocenters. The summed E-state index contributed by atoms with van der Waals surface area (Å²) in [5.74, 6) is 0.399. The Balaban J connectivity index is 1.65. The third kappa shape index (κ3) is 5.01. The Morgan fingerprint density at radius 3 is 2.62 bits per heavy atom. The Morgan fingerprint density at radius 1 is 1.21 bits per heavy atom. The number of nitrogens with one attached hydrogen (secondary N) is 1. The van der Waals surface area contributed by atoms with Gasteiger partial charge in [0.05, 0.1) is 12.8 Å². The van der Waals surface area contributed by atoms with Crippen LogP contribution in [0.15, 0.2) is 54.2 Å². The van der Waals surface area contributed by atoms with Crippen molar-refractivity contribution in [2.45, 2.75) is 6.92 Å². The molecule has 2 aromatic carbocycles. The summed E-state index contributed by atoms with van der Waals surface area (Å²) < 4.78 is 5.44. The van der Waals surface area contributed by atoms with Gasteiger partial charge in [-0.2, -0.15) is 5.26 Å². The number of aryl methyl sites for hydroxylation is 1. The van der Waals surface area contributed by atoms with Gasteiger partial charge in [0.15, 0.2) is 0 Å². The predicted molar refractivity (Wildman–Crippen MR) is 115 cm³/mol. The Kier molecular flexibility index (Phi) is 6.63. The van der Waals surface area contributed by atoms with Gasteiger partial charge >= 0.3 is 0 Å². The van der Waals surface area contributed by atoms with Crippen molar-refractivity contribution in [3.8, 4) is 11.8 Å². The highest BCUT2D eigenvalue weighted by Gasteiger charge is 2.20. The minimum absolute atomic E-state index is 0.0649. The molecule has 150 valence electrons. The summed E-state index contributed by atoms with van der Waals surface area (Å²) >= 11 is 6.00. The van der Waals surface area contributed by atoms with Gasteiger partial charge in [0.25, 0.3) is 5.91 Å². The molecule has 3 rings (SSSR count). The van der Waals surface area contributed by atoms with Crippen LogP contribution in [0, 0.1) is 18.3 Å². The van der Waals surface area contributed by atoms with Gasteiger partial charge in [-0.15, -0.1) is 0 Å². The second-order valence-corrected chi connectivity index (χ2v) is 7.20. The molecule has 7 heteroatoms. The summed E-state index contributed by atoms with van der Waals surface area (Å²) in [6.45, 7) is 4.81. The van der Waals surface area contributed by atoms with Crippen molar-refractivity contribution in [1.82, 2.24) is 4.90 Å². The van der Waals surface area contributed by atoms with E-state index in [2.05, 4.69) is 10.2 Å². The number of halogens is 1. The minimum Gasteiger partial charge on any atom is -0.495 e. The van der Waals surface area contributed by atoms with E-state index in [0.29, 0.717) is 23.8 Å². The van der Waals surface area contributed by atoms with Gasteiger partial charge in [-0.05, 0) is 36.8 Å². The maximum Gasteiger partial charge on any atom is 0.267 e. The van der Waals surface area contributed by atoms with Crippen LogP contribution in [0.2, 0.25) is 5.02 Å². The molecule has 0 aromatic heterocycles. The van der Waals surface area contributed by atoms with Gasteiger partial charge in [0.2, 0.25) is 0 Å². The monoisotopic (exact) mass is 410 g/mol. The van der Waals surface area contributed by atoms with E-state index >= 15 is 0 Å². The van der Waals surface area contributed by atoms with Crippen LogP contribution in [0.1, 0.15) is 5.56 Å².